The maximum atomic E-state index is 13.0. The molecule has 0 aliphatic rings. The third-order valence-electron chi connectivity index (χ3n) is 3.82. The third kappa shape index (κ3) is 2.43. The van der Waals surface area contributed by atoms with Gasteiger partial charge in [0.1, 0.15) is 22.2 Å². The molecule has 114 valence electrons. The average Bonchev–Trinajstić information content (AvgIpc) is 3.06. The van der Waals surface area contributed by atoms with E-state index in [1.807, 2.05) is 0 Å². The minimum Gasteiger partial charge on any atom is -0.296 e. The van der Waals surface area contributed by atoms with Crippen LogP contribution >= 0.6 is 11.3 Å². The molecule has 3 rings (SSSR count). The Morgan fingerprint density at radius 1 is 1.27 bits per heavy atom. The van der Waals surface area contributed by atoms with Crippen LogP contribution in [-0.2, 0) is 0 Å². The van der Waals surface area contributed by atoms with Gasteiger partial charge >= 0.3 is 0 Å². The second kappa shape index (κ2) is 5.96. The number of halogens is 1. The van der Waals surface area contributed by atoms with E-state index in [4.69, 9.17) is 0 Å². The molecule has 0 fully saturated rings. The smallest absolute Gasteiger partial charge is 0.213 e. The van der Waals surface area contributed by atoms with Crippen LogP contribution < -0.4 is 0 Å². The first-order chi connectivity index (χ1) is 10.7. The Labute approximate surface area is 131 Å². The highest BCUT2D eigenvalue weighted by Crippen LogP contribution is 2.31. The third-order valence-corrected chi connectivity index (χ3v) is 4.89. The molecule has 0 radical (unpaired) electrons. The quantitative estimate of drug-likeness (QED) is 0.659. The van der Waals surface area contributed by atoms with Crippen molar-refractivity contribution in [2.24, 2.45) is 0 Å². The highest BCUT2D eigenvalue weighted by molar-refractivity contribution is 7.16. The van der Waals surface area contributed by atoms with E-state index in [0.29, 0.717) is 27.8 Å². The lowest BCUT2D eigenvalue weighted by Crippen LogP contribution is -1.99. The maximum Gasteiger partial charge on any atom is 0.213 e. The van der Waals surface area contributed by atoms with E-state index < -0.39 is 0 Å². The molecule has 6 heteroatoms. The Morgan fingerprint density at radius 2 is 1.95 bits per heavy atom. The van der Waals surface area contributed by atoms with Gasteiger partial charge in [0, 0.05) is 11.5 Å². The van der Waals surface area contributed by atoms with Crippen molar-refractivity contribution in [2.75, 3.05) is 0 Å². The summed E-state index contributed by atoms with van der Waals surface area (Å²) in [7, 11) is 0. The highest BCUT2D eigenvalue weighted by Gasteiger charge is 2.20. The van der Waals surface area contributed by atoms with Gasteiger partial charge in [-0.2, -0.15) is 9.61 Å². The van der Waals surface area contributed by atoms with Gasteiger partial charge in [-0.15, -0.1) is 0 Å². The molecule has 0 saturated carbocycles. The van der Waals surface area contributed by atoms with Crippen LogP contribution in [0, 0.1) is 5.82 Å². The van der Waals surface area contributed by atoms with Gasteiger partial charge in [0.2, 0.25) is 4.96 Å². The van der Waals surface area contributed by atoms with Gasteiger partial charge in [0.15, 0.2) is 6.29 Å². The Morgan fingerprint density at radius 3 is 2.55 bits per heavy atom. The summed E-state index contributed by atoms with van der Waals surface area (Å²) in [5.74, 6) is 0.0760. The summed E-state index contributed by atoms with van der Waals surface area (Å²) in [6.45, 7) is 4.26. The Bertz CT molecular complexity index is 803. The van der Waals surface area contributed by atoms with Crippen LogP contribution in [0.1, 0.15) is 48.1 Å². The van der Waals surface area contributed by atoms with Crippen LogP contribution in [-0.4, -0.2) is 20.9 Å². The van der Waals surface area contributed by atoms with Crippen molar-refractivity contribution >= 4 is 22.6 Å². The Kier molecular flexibility index (Phi) is 4.02. The first kappa shape index (κ1) is 14.8. The molecule has 0 bridgehead atoms. The van der Waals surface area contributed by atoms with E-state index in [-0.39, 0.29) is 5.82 Å². The molecule has 0 unspecified atom stereocenters. The largest absolute Gasteiger partial charge is 0.296 e. The maximum absolute atomic E-state index is 13.0. The minimum absolute atomic E-state index is 0.313. The zero-order chi connectivity index (χ0) is 15.7. The fourth-order valence-electron chi connectivity index (χ4n) is 2.51. The molecule has 0 atom stereocenters. The summed E-state index contributed by atoms with van der Waals surface area (Å²) in [5.41, 5.74) is 1.67. The fraction of sp³-hybridized carbons (Fsp3) is 0.312. The van der Waals surface area contributed by atoms with Crippen molar-refractivity contribution in [1.29, 1.82) is 0 Å². The molecule has 0 aliphatic carbocycles. The van der Waals surface area contributed by atoms with Gasteiger partial charge in [0.25, 0.3) is 0 Å². The van der Waals surface area contributed by atoms with Gasteiger partial charge in [-0.3, -0.25) is 4.79 Å². The van der Waals surface area contributed by atoms with Crippen LogP contribution in [0.5, 0.6) is 0 Å². The molecule has 3 aromatic rings. The lowest BCUT2D eigenvalue weighted by molar-refractivity contribution is 0.111. The number of hydrogen-bond acceptors (Lipinski definition) is 4. The number of carbonyl (C=O) groups is 1. The Hall–Kier alpha value is -2.08. The standard InChI is InChI=1S/C16H16FN3OS/c1-3-10(4-2)15-19-20-13(9-21)14(18-16(20)22-15)11-5-7-12(17)8-6-11/h5-10H,3-4H2,1-2H3. The monoisotopic (exact) mass is 317 g/mol. The van der Waals surface area contributed by atoms with Crippen molar-refractivity contribution in [3.05, 3.63) is 40.8 Å². The predicted molar refractivity (Wildman–Crippen MR) is 85.0 cm³/mol. The molecule has 0 spiro atoms. The molecule has 22 heavy (non-hydrogen) atoms. The first-order valence-corrected chi connectivity index (χ1v) is 8.10. The summed E-state index contributed by atoms with van der Waals surface area (Å²) in [6, 6.07) is 5.97. The second-order valence-corrected chi connectivity index (χ2v) is 6.11. The number of benzene rings is 1. The summed E-state index contributed by atoms with van der Waals surface area (Å²) < 4.78 is 14.6. The molecule has 0 N–H and O–H groups in total. The molecule has 0 amide bonds. The number of fused-ring (bicyclic) bond motifs is 1. The number of carbonyl (C=O) groups excluding carboxylic acids is 1. The van der Waals surface area contributed by atoms with Gasteiger partial charge in [0.05, 0.1) is 0 Å². The van der Waals surface area contributed by atoms with Crippen LogP contribution in [0.15, 0.2) is 24.3 Å². The number of nitrogens with zero attached hydrogens (tertiary/aromatic N) is 3. The van der Waals surface area contributed by atoms with Crippen LogP contribution in [0.2, 0.25) is 0 Å². The lowest BCUT2D eigenvalue weighted by Gasteiger charge is -2.06. The first-order valence-electron chi connectivity index (χ1n) is 7.28. The average molecular weight is 317 g/mol. The number of rotatable bonds is 5. The van der Waals surface area contributed by atoms with Crippen molar-refractivity contribution < 1.29 is 9.18 Å². The number of hydrogen-bond donors (Lipinski definition) is 0. The highest BCUT2D eigenvalue weighted by atomic mass is 32.1. The van der Waals surface area contributed by atoms with Crippen LogP contribution in [0.3, 0.4) is 0 Å². The van der Waals surface area contributed by atoms with E-state index in [2.05, 4.69) is 23.9 Å². The van der Waals surface area contributed by atoms with E-state index in [9.17, 15) is 9.18 Å². The number of aromatic nitrogens is 3. The van der Waals surface area contributed by atoms with Gasteiger partial charge < -0.3 is 0 Å². The summed E-state index contributed by atoms with van der Waals surface area (Å²) in [4.78, 5) is 16.7. The number of aldehydes is 1. The topological polar surface area (TPSA) is 47.3 Å². The molecule has 0 saturated heterocycles. The second-order valence-electron chi connectivity index (χ2n) is 5.12. The van der Waals surface area contributed by atoms with Gasteiger partial charge in [-0.05, 0) is 37.1 Å². The van der Waals surface area contributed by atoms with E-state index in [0.717, 1.165) is 24.1 Å². The fourth-order valence-corrected chi connectivity index (χ4v) is 3.68. The lowest BCUT2D eigenvalue weighted by atomic mass is 10.1. The van der Waals surface area contributed by atoms with E-state index >= 15 is 0 Å². The van der Waals surface area contributed by atoms with Crippen LogP contribution in [0.25, 0.3) is 16.2 Å². The zero-order valence-corrected chi connectivity index (χ0v) is 13.2. The molecular formula is C16H16FN3OS. The van der Waals surface area contributed by atoms with Crippen molar-refractivity contribution in [2.45, 2.75) is 32.6 Å². The molecular weight excluding hydrogens is 301 g/mol. The summed E-state index contributed by atoms with van der Waals surface area (Å²) in [6.07, 6.45) is 2.78. The van der Waals surface area contributed by atoms with Gasteiger partial charge in [-0.25, -0.2) is 9.37 Å². The van der Waals surface area contributed by atoms with Crippen molar-refractivity contribution in [3.63, 3.8) is 0 Å². The predicted octanol–water partition coefficient (Wildman–Crippen LogP) is 4.31. The summed E-state index contributed by atoms with van der Waals surface area (Å²) >= 11 is 1.51. The normalized spacial score (nSPS) is 11.5. The SMILES string of the molecule is CCC(CC)c1nn2c(C=O)c(-c3ccc(F)cc3)nc2s1. The van der Waals surface area contributed by atoms with Crippen molar-refractivity contribution in [1.82, 2.24) is 14.6 Å². The number of imidazole rings is 1. The molecule has 2 aromatic heterocycles. The molecule has 2 heterocycles. The zero-order valence-electron chi connectivity index (χ0n) is 12.4. The summed E-state index contributed by atoms with van der Waals surface area (Å²) in [5, 5.41) is 5.56. The van der Waals surface area contributed by atoms with Crippen LogP contribution in [0.4, 0.5) is 4.39 Å². The molecule has 0 aliphatic heterocycles. The van der Waals surface area contributed by atoms with E-state index in [1.165, 1.54) is 23.5 Å². The Balaban J connectivity index is 2.11. The molecule has 1 aromatic carbocycles. The van der Waals surface area contributed by atoms with E-state index in [1.54, 1.807) is 16.6 Å². The van der Waals surface area contributed by atoms with Crippen molar-refractivity contribution in [3.8, 4) is 11.3 Å². The van der Waals surface area contributed by atoms with Gasteiger partial charge in [-0.1, -0.05) is 25.2 Å². The molecule has 4 nitrogen and oxygen atoms in total. The minimum atomic E-state index is -0.313.